The average molecular weight is 436 g/mol. The smallest absolute Gasteiger partial charge is 0.336 e. The van der Waals surface area contributed by atoms with E-state index in [0.29, 0.717) is 23.5 Å². The van der Waals surface area contributed by atoms with Crippen LogP contribution in [0.15, 0.2) is 48.5 Å². The van der Waals surface area contributed by atoms with E-state index in [-0.39, 0.29) is 23.1 Å². The van der Waals surface area contributed by atoms with Gasteiger partial charge in [-0.25, -0.2) is 9.78 Å². The van der Waals surface area contributed by atoms with Gasteiger partial charge in [0.15, 0.2) is 5.69 Å². The standard InChI is InChI=1S/C25H29N3O4/c1-14(2)25(32,15(3)4)22-21(23(26)29)27-20(28-22)13-16-9-11-17(12-10-16)18-7-5-6-8-19(18)24(30)31/h5-12,14-15,32H,13H2,1-4H3,(H2,26,29)(H,27,28)(H,30,31). The number of nitrogens with one attached hydrogen (secondary N) is 1. The Morgan fingerprint density at radius 1 is 1.03 bits per heavy atom. The van der Waals surface area contributed by atoms with Gasteiger partial charge in [-0.3, -0.25) is 4.79 Å². The molecule has 7 nitrogen and oxygen atoms in total. The summed E-state index contributed by atoms with van der Waals surface area (Å²) in [5, 5.41) is 20.8. The molecule has 7 heteroatoms. The van der Waals surface area contributed by atoms with Crippen molar-refractivity contribution in [3.05, 3.63) is 76.9 Å². The number of nitrogens with two attached hydrogens (primary N) is 1. The predicted molar refractivity (Wildman–Crippen MR) is 122 cm³/mol. The lowest BCUT2D eigenvalue weighted by atomic mass is 9.77. The Balaban J connectivity index is 1.94. The van der Waals surface area contributed by atoms with Crippen molar-refractivity contribution in [3.8, 4) is 11.1 Å². The summed E-state index contributed by atoms with van der Waals surface area (Å²) in [6, 6.07) is 14.3. The minimum Gasteiger partial charge on any atom is -0.478 e. The zero-order chi connectivity index (χ0) is 23.6. The maximum absolute atomic E-state index is 12.0. The molecular formula is C25H29N3O4. The Labute approximate surface area is 187 Å². The van der Waals surface area contributed by atoms with Gasteiger partial charge in [0, 0.05) is 6.42 Å². The number of aromatic nitrogens is 2. The number of carbonyl (C=O) groups excluding carboxylic acids is 1. The van der Waals surface area contributed by atoms with Crippen molar-refractivity contribution >= 4 is 11.9 Å². The molecule has 0 atom stereocenters. The van der Waals surface area contributed by atoms with E-state index in [1.807, 2.05) is 52.0 Å². The van der Waals surface area contributed by atoms with Crippen molar-refractivity contribution in [1.29, 1.82) is 0 Å². The maximum Gasteiger partial charge on any atom is 0.336 e. The topological polar surface area (TPSA) is 129 Å². The van der Waals surface area contributed by atoms with Crippen LogP contribution in [0.25, 0.3) is 11.1 Å². The van der Waals surface area contributed by atoms with Gasteiger partial charge in [-0.1, -0.05) is 70.2 Å². The Morgan fingerprint density at radius 3 is 2.16 bits per heavy atom. The molecule has 32 heavy (non-hydrogen) atoms. The van der Waals surface area contributed by atoms with Crippen LogP contribution in [-0.2, 0) is 12.0 Å². The maximum atomic E-state index is 12.0. The third kappa shape index (κ3) is 4.29. The van der Waals surface area contributed by atoms with Crippen LogP contribution in [0, 0.1) is 11.8 Å². The fraction of sp³-hybridized carbons (Fsp3) is 0.320. The number of hydrogen-bond donors (Lipinski definition) is 4. The number of aliphatic hydroxyl groups is 1. The van der Waals surface area contributed by atoms with E-state index < -0.39 is 17.5 Å². The van der Waals surface area contributed by atoms with Crippen molar-refractivity contribution < 1.29 is 19.8 Å². The number of carbonyl (C=O) groups is 2. The molecule has 1 aromatic heterocycles. The number of amides is 1. The minimum absolute atomic E-state index is 0.0527. The fourth-order valence-electron chi connectivity index (χ4n) is 4.13. The van der Waals surface area contributed by atoms with E-state index in [0.717, 1.165) is 11.1 Å². The average Bonchev–Trinajstić information content (AvgIpc) is 3.17. The molecule has 0 aliphatic carbocycles. The van der Waals surface area contributed by atoms with Gasteiger partial charge in [0.25, 0.3) is 5.91 Å². The first kappa shape index (κ1) is 23.2. The molecule has 0 aliphatic rings. The van der Waals surface area contributed by atoms with Gasteiger partial charge >= 0.3 is 5.97 Å². The van der Waals surface area contributed by atoms with E-state index in [9.17, 15) is 19.8 Å². The zero-order valence-electron chi connectivity index (χ0n) is 18.7. The summed E-state index contributed by atoms with van der Waals surface area (Å²) in [7, 11) is 0. The van der Waals surface area contributed by atoms with E-state index in [2.05, 4.69) is 9.97 Å². The second-order valence-electron chi connectivity index (χ2n) is 8.63. The number of H-pyrrole nitrogens is 1. The van der Waals surface area contributed by atoms with E-state index in [4.69, 9.17) is 5.73 Å². The molecule has 0 bridgehead atoms. The normalized spacial score (nSPS) is 11.8. The molecule has 3 rings (SSSR count). The molecular weight excluding hydrogens is 406 g/mol. The van der Waals surface area contributed by atoms with Gasteiger partial charge in [0.1, 0.15) is 11.4 Å². The van der Waals surface area contributed by atoms with Crippen LogP contribution in [0.4, 0.5) is 0 Å². The van der Waals surface area contributed by atoms with Crippen molar-refractivity contribution in [2.45, 2.75) is 39.7 Å². The fourth-order valence-corrected chi connectivity index (χ4v) is 4.13. The van der Waals surface area contributed by atoms with Crippen LogP contribution in [0.2, 0.25) is 0 Å². The Kier molecular flexibility index (Phi) is 6.50. The number of carboxylic acid groups (broad SMARTS) is 1. The van der Waals surface area contributed by atoms with Crippen molar-refractivity contribution in [2.75, 3.05) is 0 Å². The molecule has 0 fully saturated rings. The highest BCUT2D eigenvalue weighted by molar-refractivity contribution is 5.96. The van der Waals surface area contributed by atoms with E-state index >= 15 is 0 Å². The lowest BCUT2D eigenvalue weighted by Crippen LogP contribution is -2.40. The summed E-state index contributed by atoms with van der Waals surface area (Å²) in [4.78, 5) is 31.1. The van der Waals surface area contributed by atoms with Crippen LogP contribution < -0.4 is 5.73 Å². The SMILES string of the molecule is CC(C)C(O)(c1[nH]c(Cc2ccc(-c3ccccc3C(=O)O)cc2)nc1C(N)=O)C(C)C. The van der Waals surface area contributed by atoms with Crippen molar-refractivity contribution in [2.24, 2.45) is 17.6 Å². The van der Waals surface area contributed by atoms with Gasteiger partial charge < -0.3 is 20.9 Å². The molecule has 2 aromatic carbocycles. The zero-order valence-corrected chi connectivity index (χ0v) is 18.7. The molecule has 1 amide bonds. The third-order valence-corrected chi connectivity index (χ3v) is 5.94. The number of aromatic carboxylic acids is 1. The summed E-state index contributed by atoms with van der Waals surface area (Å²) in [6.07, 6.45) is 0.396. The van der Waals surface area contributed by atoms with Crippen LogP contribution >= 0.6 is 0 Å². The molecule has 0 radical (unpaired) electrons. The van der Waals surface area contributed by atoms with Crippen LogP contribution in [-0.4, -0.2) is 32.1 Å². The molecule has 0 aliphatic heterocycles. The number of imidazole rings is 1. The molecule has 5 N–H and O–H groups in total. The summed E-state index contributed by atoms with van der Waals surface area (Å²) in [6.45, 7) is 7.55. The Bertz CT molecular complexity index is 1120. The number of hydrogen-bond acceptors (Lipinski definition) is 4. The number of aromatic amines is 1. The highest BCUT2D eigenvalue weighted by Crippen LogP contribution is 2.37. The molecule has 0 unspecified atom stereocenters. The molecule has 0 saturated heterocycles. The monoisotopic (exact) mass is 435 g/mol. The second kappa shape index (κ2) is 8.96. The van der Waals surface area contributed by atoms with Gasteiger partial charge in [-0.2, -0.15) is 0 Å². The Morgan fingerprint density at radius 2 is 1.62 bits per heavy atom. The number of rotatable bonds is 8. The first-order valence-corrected chi connectivity index (χ1v) is 10.6. The van der Waals surface area contributed by atoms with E-state index in [1.165, 1.54) is 0 Å². The molecule has 0 saturated carbocycles. The predicted octanol–water partition coefficient (Wildman–Crippen LogP) is 3.96. The molecule has 0 spiro atoms. The molecule has 3 aromatic rings. The lowest BCUT2D eigenvalue weighted by molar-refractivity contribution is -0.0570. The van der Waals surface area contributed by atoms with E-state index in [1.54, 1.807) is 24.3 Å². The second-order valence-corrected chi connectivity index (χ2v) is 8.63. The summed E-state index contributed by atoms with van der Waals surface area (Å²) >= 11 is 0. The largest absolute Gasteiger partial charge is 0.478 e. The first-order chi connectivity index (χ1) is 15.1. The number of nitrogens with zero attached hydrogens (tertiary/aromatic N) is 1. The lowest BCUT2D eigenvalue weighted by Gasteiger charge is -2.35. The van der Waals surface area contributed by atoms with Crippen molar-refractivity contribution in [3.63, 3.8) is 0 Å². The van der Waals surface area contributed by atoms with Crippen LogP contribution in [0.5, 0.6) is 0 Å². The summed E-state index contributed by atoms with van der Waals surface area (Å²) in [5.41, 5.74) is 7.26. The number of carboxylic acids is 1. The quantitative estimate of drug-likeness (QED) is 0.425. The minimum atomic E-state index is -1.28. The van der Waals surface area contributed by atoms with Crippen molar-refractivity contribution in [1.82, 2.24) is 9.97 Å². The van der Waals surface area contributed by atoms with Gasteiger partial charge in [-0.05, 0) is 34.6 Å². The highest BCUT2D eigenvalue weighted by atomic mass is 16.4. The summed E-state index contributed by atoms with van der Waals surface area (Å²) < 4.78 is 0. The molecule has 1 heterocycles. The molecule has 168 valence electrons. The van der Waals surface area contributed by atoms with Crippen LogP contribution in [0.1, 0.15) is 65.6 Å². The van der Waals surface area contributed by atoms with Gasteiger partial charge in [-0.15, -0.1) is 0 Å². The Hall–Kier alpha value is -3.45. The number of benzene rings is 2. The third-order valence-electron chi connectivity index (χ3n) is 5.94. The van der Waals surface area contributed by atoms with Gasteiger partial charge in [0.05, 0.1) is 11.3 Å². The van der Waals surface area contributed by atoms with Crippen LogP contribution in [0.3, 0.4) is 0 Å². The summed E-state index contributed by atoms with van der Waals surface area (Å²) in [5.74, 6) is -1.48. The first-order valence-electron chi connectivity index (χ1n) is 10.6. The highest BCUT2D eigenvalue weighted by Gasteiger charge is 2.41. The van der Waals surface area contributed by atoms with Gasteiger partial charge in [0.2, 0.25) is 0 Å². The number of primary amides is 1.